The molecule has 0 saturated heterocycles. The van der Waals surface area contributed by atoms with Gasteiger partial charge in [-0.15, -0.1) is 11.6 Å². The Bertz CT molecular complexity index is 222. The molecule has 0 radical (unpaired) electrons. The highest BCUT2D eigenvalue weighted by Crippen LogP contribution is 2.64. The Morgan fingerprint density at radius 2 is 1.77 bits per heavy atom. The number of halogens is 5. The smallest absolute Gasteiger partial charge is 0.300 e. The number of alkyl halides is 5. The largest absolute Gasteiger partial charge is 0.391 e. The minimum absolute atomic E-state index is 0.150. The lowest BCUT2D eigenvalue weighted by atomic mass is 9.91. The molecule has 0 unspecified atom stereocenters. The van der Waals surface area contributed by atoms with Crippen molar-refractivity contribution in [2.75, 3.05) is 0 Å². The summed E-state index contributed by atoms with van der Waals surface area (Å²) in [7, 11) is 0. The van der Waals surface area contributed by atoms with Gasteiger partial charge in [0.2, 0.25) is 0 Å². The number of rotatable bonds is 0. The topological polar surface area (TPSA) is 20.2 Å². The molecule has 1 nitrogen and oxygen atoms in total. The van der Waals surface area contributed by atoms with E-state index in [1.54, 1.807) is 0 Å². The predicted octanol–water partition coefficient (Wildman–Crippen LogP) is 2.14. The lowest BCUT2D eigenvalue weighted by molar-refractivity contribution is -0.158. The first-order valence-electron chi connectivity index (χ1n) is 3.88. The quantitative estimate of drug-likeness (QED) is 0.637. The van der Waals surface area contributed by atoms with Crippen LogP contribution in [-0.2, 0) is 0 Å². The van der Waals surface area contributed by atoms with E-state index in [1.807, 2.05) is 0 Å². The Morgan fingerprint density at radius 3 is 2.15 bits per heavy atom. The van der Waals surface area contributed by atoms with Crippen molar-refractivity contribution in [2.45, 2.75) is 29.0 Å². The summed E-state index contributed by atoms with van der Waals surface area (Å²) in [6.07, 6.45) is -1.51. The van der Waals surface area contributed by atoms with Crippen LogP contribution in [0.3, 0.4) is 0 Å². The number of hydrogen-bond donors (Lipinski definition) is 1. The number of fused-ring (bicyclic) bond motifs is 2. The van der Waals surface area contributed by atoms with Gasteiger partial charge >= 0.3 is 5.92 Å². The number of aliphatic hydroxyl groups is 1. The second-order valence-electron chi connectivity index (χ2n) is 3.63. The molecule has 0 heterocycles. The van der Waals surface area contributed by atoms with Crippen molar-refractivity contribution < 1.29 is 18.3 Å². The average molecular weight is 235 g/mol. The lowest BCUT2D eigenvalue weighted by Gasteiger charge is -2.36. The van der Waals surface area contributed by atoms with Gasteiger partial charge in [-0.05, 0) is 6.42 Å². The summed E-state index contributed by atoms with van der Waals surface area (Å²) in [4.78, 5) is 0. The molecule has 2 saturated carbocycles. The Balaban J connectivity index is 2.40. The first-order valence-corrected chi connectivity index (χ1v) is 4.69. The summed E-state index contributed by atoms with van der Waals surface area (Å²) in [5.74, 6) is -6.28. The summed E-state index contributed by atoms with van der Waals surface area (Å²) in [6.45, 7) is 0. The maximum atomic E-state index is 13.3. The second-order valence-corrected chi connectivity index (χ2v) is 4.68. The van der Waals surface area contributed by atoms with Crippen molar-refractivity contribution in [1.29, 1.82) is 0 Å². The van der Waals surface area contributed by atoms with E-state index < -0.39 is 34.4 Å². The molecule has 0 amide bonds. The van der Waals surface area contributed by atoms with Gasteiger partial charge in [0, 0.05) is 5.92 Å². The molecule has 2 bridgehead atoms. The van der Waals surface area contributed by atoms with Crippen molar-refractivity contribution in [1.82, 2.24) is 0 Å². The lowest BCUT2D eigenvalue weighted by Crippen LogP contribution is -2.54. The standard InChI is InChI=1S/C7H7Cl2F3O/c8-4-2-1-3(5(4)13)7(11,12)6(2,9)10/h2-5,13H,1H2/t2-,3-,4-,5+,6-/m1/s1. The first-order chi connectivity index (χ1) is 5.80. The maximum absolute atomic E-state index is 13.3. The van der Waals surface area contributed by atoms with Crippen LogP contribution >= 0.6 is 23.2 Å². The third kappa shape index (κ3) is 0.944. The number of aliphatic hydroxyl groups excluding tert-OH is 1. The van der Waals surface area contributed by atoms with Crippen molar-refractivity contribution >= 4 is 23.2 Å². The van der Waals surface area contributed by atoms with Gasteiger partial charge in [-0.1, -0.05) is 11.6 Å². The normalized spacial score (nSPS) is 58.6. The van der Waals surface area contributed by atoms with Gasteiger partial charge < -0.3 is 5.11 Å². The van der Waals surface area contributed by atoms with Crippen LogP contribution in [0.4, 0.5) is 13.2 Å². The molecule has 2 aliphatic carbocycles. The van der Waals surface area contributed by atoms with Crippen LogP contribution in [0.25, 0.3) is 0 Å². The van der Waals surface area contributed by atoms with Crippen molar-refractivity contribution in [2.24, 2.45) is 11.8 Å². The molecule has 2 rings (SSSR count). The van der Waals surface area contributed by atoms with Crippen LogP contribution in [0.5, 0.6) is 0 Å². The molecule has 5 atom stereocenters. The highest BCUT2D eigenvalue weighted by Gasteiger charge is 2.76. The maximum Gasteiger partial charge on any atom is 0.300 e. The van der Waals surface area contributed by atoms with Gasteiger partial charge in [-0.25, -0.2) is 13.2 Å². The highest BCUT2D eigenvalue weighted by atomic mass is 35.5. The van der Waals surface area contributed by atoms with E-state index in [9.17, 15) is 18.3 Å². The molecule has 0 spiro atoms. The summed E-state index contributed by atoms with van der Waals surface area (Å²) in [5.41, 5.74) is 0. The van der Waals surface area contributed by atoms with Crippen LogP contribution in [-0.4, -0.2) is 27.6 Å². The van der Waals surface area contributed by atoms with Crippen molar-refractivity contribution in [3.05, 3.63) is 0 Å². The van der Waals surface area contributed by atoms with E-state index >= 15 is 0 Å². The van der Waals surface area contributed by atoms with E-state index in [2.05, 4.69) is 0 Å². The van der Waals surface area contributed by atoms with Crippen LogP contribution < -0.4 is 0 Å². The van der Waals surface area contributed by atoms with Crippen molar-refractivity contribution in [3.8, 4) is 0 Å². The van der Waals surface area contributed by atoms with E-state index in [-0.39, 0.29) is 6.42 Å². The van der Waals surface area contributed by atoms with E-state index in [4.69, 9.17) is 23.2 Å². The molecule has 0 aromatic rings. The van der Waals surface area contributed by atoms with Crippen LogP contribution in [0, 0.1) is 11.8 Å². The SMILES string of the molecule is O[C@@H]1[C@H](Cl)[C@H]2C[C@H]1C(F)(F)[C@@]2(F)Cl. The van der Waals surface area contributed by atoms with Gasteiger partial charge in [0.15, 0.2) is 0 Å². The van der Waals surface area contributed by atoms with Gasteiger partial charge in [0.1, 0.15) is 0 Å². The van der Waals surface area contributed by atoms with Crippen LogP contribution in [0.1, 0.15) is 6.42 Å². The van der Waals surface area contributed by atoms with E-state index in [0.717, 1.165) is 0 Å². The van der Waals surface area contributed by atoms with E-state index in [1.165, 1.54) is 0 Å². The molecule has 0 aromatic carbocycles. The molecule has 76 valence electrons. The molecule has 13 heavy (non-hydrogen) atoms. The fourth-order valence-corrected chi connectivity index (χ4v) is 3.09. The summed E-state index contributed by atoms with van der Waals surface area (Å²) < 4.78 is 39.6. The zero-order valence-corrected chi connectivity index (χ0v) is 7.87. The third-order valence-corrected chi connectivity index (χ3v) is 4.10. The Hall–Kier alpha value is 0.330. The molecule has 2 fully saturated rings. The van der Waals surface area contributed by atoms with Gasteiger partial charge in [-0.3, -0.25) is 0 Å². The van der Waals surface area contributed by atoms with Crippen molar-refractivity contribution in [3.63, 3.8) is 0 Å². The third-order valence-electron chi connectivity index (χ3n) is 3.01. The van der Waals surface area contributed by atoms with Crippen LogP contribution in [0.15, 0.2) is 0 Å². The minimum atomic E-state index is -3.68. The zero-order valence-electron chi connectivity index (χ0n) is 6.35. The average Bonchev–Trinajstić information content (AvgIpc) is 2.36. The Kier molecular flexibility index (Phi) is 1.87. The van der Waals surface area contributed by atoms with Gasteiger partial charge in [0.05, 0.1) is 17.4 Å². The summed E-state index contributed by atoms with van der Waals surface area (Å²) in [5, 5.41) is 5.12. The molecule has 1 N–H and O–H groups in total. The molecular formula is C7H7Cl2F3O. The summed E-state index contributed by atoms with van der Waals surface area (Å²) in [6, 6.07) is 0. The van der Waals surface area contributed by atoms with Gasteiger partial charge in [0.25, 0.3) is 5.13 Å². The Labute approximate surface area is 82.8 Å². The second kappa shape index (κ2) is 2.47. The van der Waals surface area contributed by atoms with Crippen LogP contribution in [0.2, 0.25) is 0 Å². The first kappa shape index (κ1) is 9.87. The fourth-order valence-electron chi connectivity index (χ4n) is 2.21. The summed E-state index contributed by atoms with van der Waals surface area (Å²) >= 11 is 10.7. The Morgan fingerprint density at radius 1 is 1.23 bits per heavy atom. The van der Waals surface area contributed by atoms with E-state index in [0.29, 0.717) is 0 Å². The monoisotopic (exact) mass is 234 g/mol. The predicted molar refractivity (Wildman–Crippen MR) is 41.9 cm³/mol. The fraction of sp³-hybridized carbons (Fsp3) is 1.00. The molecule has 2 aliphatic rings. The highest BCUT2D eigenvalue weighted by molar-refractivity contribution is 6.27. The molecule has 6 heteroatoms. The molecule has 0 aromatic heterocycles. The minimum Gasteiger partial charge on any atom is -0.391 e. The van der Waals surface area contributed by atoms with Gasteiger partial charge in [-0.2, -0.15) is 0 Å². The zero-order chi connectivity index (χ0) is 10.0. The molecule has 0 aliphatic heterocycles. The number of hydrogen-bond acceptors (Lipinski definition) is 1. The molecular weight excluding hydrogens is 228 g/mol.